The molecule has 7 nitrogen and oxygen atoms in total. The summed E-state index contributed by atoms with van der Waals surface area (Å²) in [5.41, 5.74) is 7.70. The Morgan fingerprint density at radius 1 is 1.19 bits per heavy atom. The predicted molar refractivity (Wildman–Crippen MR) is 104 cm³/mol. The van der Waals surface area contributed by atoms with Gasteiger partial charge in [0.25, 0.3) is 5.91 Å². The summed E-state index contributed by atoms with van der Waals surface area (Å²) in [7, 11) is 0. The van der Waals surface area contributed by atoms with Gasteiger partial charge in [-0.15, -0.1) is 0 Å². The number of carbonyl (C=O) groups excluding carboxylic acids is 1. The summed E-state index contributed by atoms with van der Waals surface area (Å²) >= 11 is 0. The zero-order valence-electron chi connectivity index (χ0n) is 15.5. The lowest BCUT2D eigenvalue weighted by atomic mass is 9.92. The SMILES string of the molecule is NC(=O)c1cnc2[nH]ccc2c1NC1C[C@H]2CC[C@@H](C1)N2C1CCOCC1. The molecule has 3 saturated heterocycles. The third kappa shape index (κ3) is 2.99. The van der Waals surface area contributed by atoms with Gasteiger partial charge in [0.1, 0.15) is 5.65 Å². The first-order valence-electron chi connectivity index (χ1n) is 10.1. The predicted octanol–water partition coefficient (Wildman–Crippen LogP) is 2.25. The first kappa shape index (κ1) is 17.0. The van der Waals surface area contributed by atoms with Crippen LogP contribution >= 0.6 is 0 Å². The van der Waals surface area contributed by atoms with Gasteiger partial charge < -0.3 is 20.8 Å². The molecule has 1 amide bonds. The van der Waals surface area contributed by atoms with Crippen LogP contribution in [0, 0.1) is 0 Å². The fraction of sp³-hybridized carbons (Fsp3) is 0.600. The molecule has 5 rings (SSSR count). The lowest BCUT2D eigenvalue weighted by Gasteiger charge is -2.45. The number of pyridine rings is 1. The number of hydrogen-bond donors (Lipinski definition) is 3. The molecule has 2 aromatic heterocycles. The summed E-state index contributed by atoms with van der Waals surface area (Å²) < 4.78 is 5.56. The number of amides is 1. The maximum Gasteiger partial charge on any atom is 0.252 e. The molecule has 3 aliphatic rings. The van der Waals surface area contributed by atoms with Crippen molar-refractivity contribution in [3.8, 4) is 0 Å². The Morgan fingerprint density at radius 2 is 1.93 bits per heavy atom. The molecular weight excluding hydrogens is 342 g/mol. The molecule has 0 aliphatic carbocycles. The molecule has 0 radical (unpaired) electrons. The lowest BCUT2D eigenvalue weighted by Crippen LogP contribution is -2.53. The van der Waals surface area contributed by atoms with Crippen molar-refractivity contribution in [1.29, 1.82) is 0 Å². The molecule has 27 heavy (non-hydrogen) atoms. The number of rotatable bonds is 4. The standard InChI is InChI=1S/C20H27N5O2/c21-19(26)17-11-23-20-16(3-6-22-20)18(17)24-12-9-14-1-2-15(10-12)25(14)13-4-7-27-8-5-13/h3,6,11-15H,1-2,4-5,7-10H2,(H2,21,26)(H2,22,23,24)/t12?,14-,15+. The number of aromatic amines is 1. The van der Waals surface area contributed by atoms with Crippen LogP contribution in [0.2, 0.25) is 0 Å². The van der Waals surface area contributed by atoms with Crippen LogP contribution in [0.3, 0.4) is 0 Å². The van der Waals surface area contributed by atoms with Gasteiger partial charge in [0.2, 0.25) is 0 Å². The van der Waals surface area contributed by atoms with Crippen molar-refractivity contribution >= 4 is 22.6 Å². The van der Waals surface area contributed by atoms with Crippen molar-refractivity contribution in [1.82, 2.24) is 14.9 Å². The number of piperidine rings is 1. The van der Waals surface area contributed by atoms with E-state index >= 15 is 0 Å². The summed E-state index contributed by atoms with van der Waals surface area (Å²) in [6, 6.07) is 4.26. The van der Waals surface area contributed by atoms with Gasteiger partial charge in [-0.3, -0.25) is 9.69 Å². The maximum atomic E-state index is 11.9. The van der Waals surface area contributed by atoms with Gasteiger partial charge in [0.15, 0.2) is 0 Å². The molecule has 7 heteroatoms. The molecule has 0 aromatic carbocycles. The van der Waals surface area contributed by atoms with Gasteiger partial charge in [-0.1, -0.05) is 0 Å². The normalized spacial score (nSPS) is 29.3. The average molecular weight is 369 g/mol. The average Bonchev–Trinajstić information content (AvgIpc) is 3.25. The van der Waals surface area contributed by atoms with E-state index in [0.29, 0.717) is 29.7 Å². The van der Waals surface area contributed by atoms with Gasteiger partial charge in [0.05, 0.1) is 11.3 Å². The van der Waals surface area contributed by atoms with E-state index in [1.54, 1.807) is 6.20 Å². The van der Waals surface area contributed by atoms with Crippen LogP contribution in [0.5, 0.6) is 0 Å². The molecule has 0 spiro atoms. The summed E-state index contributed by atoms with van der Waals surface area (Å²) in [6.45, 7) is 1.79. The summed E-state index contributed by atoms with van der Waals surface area (Å²) in [5, 5.41) is 4.61. The van der Waals surface area contributed by atoms with Crippen LogP contribution in [-0.2, 0) is 4.74 Å². The number of anilines is 1. The number of ether oxygens (including phenoxy) is 1. The van der Waals surface area contributed by atoms with E-state index in [-0.39, 0.29) is 0 Å². The Balaban J connectivity index is 1.38. The van der Waals surface area contributed by atoms with Gasteiger partial charge in [-0.2, -0.15) is 0 Å². The van der Waals surface area contributed by atoms with Crippen molar-refractivity contribution in [2.75, 3.05) is 18.5 Å². The third-order valence-electron chi connectivity index (χ3n) is 6.60. The fourth-order valence-electron chi connectivity index (χ4n) is 5.47. The first-order valence-corrected chi connectivity index (χ1v) is 10.1. The minimum atomic E-state index is -0.435. The zero-order valence-corrected chi connectivity index (χ0v) is 15.5. The van der Waals surface area contributed by atoms with E-state index in [9.17, 15) is 4.79 Å². The van der Waals surface area contributed by atoms with Crippen LogP contribution in [0.15, 0.2) is 18.5 Å². The number of H-pyrrole nitrogens is 1. The number of fused-ring (bicyclic) bond motifs is 3. The van der Waals surface area contributed by atoms with E-state index in [0.717, 1.165) is 55.6 Å². The Hall–Kier alpha value is -2.12. The van der Waals surface area contributed by atoms with Crippen molar-refractivity contribution < 1.29 is 9.53 Å². The molecule has 4 N–H and O–H groups in total. The Labute approximate surface area is 158 Å². The van der Waals surface area contributed by atoms with E-state index in [1.165, 1.54) is 12.8 Å². The van der Waals surface area contributed by atoms with Crippen molar-refractivity contribution in [2.24, 2.45) is 5.73 Å². The smallest absolute Gasteiger partial charge is 0.252 e. The minimum Gasteiger partial charge on any atom is -0.381 e. The summed E-state index contributed by atoms with van der Waals surface area (Å²) in [5.74, 6) is -0.435. The Bertz CT molecular complexity index is 830. The molecule has 3 atom stereocenters. The van der Waals surface area contributed by atoms with Crippen LogP contribution < -0.4 is 11.1 Å². The highest BCUT2D eigenvalue weighted by Gasteiger charge is 2.44. The molecule has 2 aromatic rings. The number of carbonyl (C=O) groups is 1. The Morgan fingerprint density at radius 3 is 2.63 bits per heavy atom. The van der Waals surface area contributed by atoms with Crippen molar-refractivity contribution in [2.45, 2.75) is 62.7 Å². The second kappa shape index (κ2) is 6.80. The highest BCUT2D eigenvalue weighted by Crippen LogP contribution is 2.40. The second-order valence-electron chi connectivity index (χ2n) is 8.14. The molecule has 3 aliphatic heterocycles. The van der Waals surface area contributed by atoms with E-state index in [2.05, 4.69) is 20.2 Å². The number of nitrogens with zero attached hydrogens (tertiary/aromatic N) is 2. The Kier molecular flexibility index (Phi) is 4.28. The van der Waals surface area contributed by atoms with Crippen molar-refractivity contribution in [3.63, 3.8) is 0 Å². The monoisotopic (exact) mass is 369 g/mol. The summed E-state index contributed by atoms with van der Waals surface area (Å²) in [4.78, 5) is 22.2. The number of nitrogens with two attached hydrogens (primary N) is 1. The van der Waals surface area contributed by atoms with Crippen LogP contribution in [0.25, 0.3) is 11.0 Å². The minimum absolute atomic E-state index is 0.359. The van der Waals surface area contributed by atoms with Gasteiger partial charge >= 0.3 is 0 Å². The van der Waals surface area contributed by atoms with E-state index in [1.807, 2.05) is 12.3 Å². The van der Waals surface area contributed by atoms with Crippen LogP contribution in [0.1, 0.15) is 48.9 Å². The number of nitrogens with one attached hydrogen (secondary N) is 2. The van der Waals surface area contributed by atoms with E-state index in [4.69, 9.17) is 10.5 Å². The molecule has 0 saturated carbocycles. The summed E-state index contributed by atoms with van der Waals surface area (Å²) in [6.07, 6.45) is 10.5. The van der Waals surface area contributed by atoms with Crippen LogP contribution in [-0.4, -0.2) is 58.2 Å². The van der Waals surface area contributed by atoms with Crippen molar-refractivity contribution in [3.05, 3.63) is 24.0 Å². The first-order chi connectivity index (χ1) is 13.2. The van der Waals surface area contributed by atoms with E-state index < -0.39 is 5.91 Å². The number of primary amides is 1. The molecule has 1 unspecified atom stereocenters. The fourth-order valence-corrected chi connectivity index (χ4v) is 5.47. The van der Waals surface area contributed by atoms with Gasteiger partial charge in [-0.25, -0.2) is 4.98 Å². The maximum absolute atomic E-state index is 11.9. The number of hydrogen-bond acceptors (Lipinski definition) is 5. The van der Waals surface area contributed by atoms with Crippen LogP contribution in [0.4, 0.5) is 5.69 Å². The molecule has 144 valence electrons. The highest BCUT2D eigenvalue weighted by molar-refractivity contribution is 6.05. The van der Waals surface area contributed by atoms with Gasteiger partial charge in [0, 0.05) is 55.2 Å². The highest BCUT2D eigenvalue weighted by atomic mass is 16.5. The molecule has 2 bridgehead atoms. The number of aromatic nitrogens is 2. The zero-order chi connectivity index (χ0) is 18.4. The molecule has 5 heterocycles. The largest absolute Gasteiger partial charge is 0.381 e. The lowest BCUT2D eigenvalue weighted by molar-refractivity contribution is -0.00117. The molecule has 3 fully saturated rings. The quantitative estimate of drug-likeness (QED) is 0.768. The molecular formula is C20H27N5O2. The third-order valence-corrected chi connectivity index (χ3v) is 6.60. The topological polar surface area (TPSA) is 96.3 Å². The van der Waals surface area contributed by atoms with Gasteiger partial charge in [-0.05, 0) is 44.6 Å². The second-order valence-corrected chi connectivity index (χ2v) is 8.14.